The van der Waals surface area contributed by atoms with Gasteiger partial charge < -0.3 is 14.6 Å². The lowest BCUT2D eigenvalue weighted by molar-refractivity contribution is -0.137. The molecule has 2 aromatic carbocycles. The number of ether oxygens (including phenoxy) is 1. The van der Waals surface area contributed by atoms with Gasteiger partial charge in [0, 0.05) is 18.5 Å². The molecule has 4 rings (SSSR count). The highest BCUT2D eigenvalue weighted by Crippen LogP contribution is 2.35. The van der Waals surface area contributed by atoms with Gasteiger partial charge in [-0.15, -0.1) is 0 Å². The topological polar surface area (TPSA) is 56.1 Å². The first kappa shape index (κ1) is 21.9. The van der Waals surface area contributed by atoms with Gasteiger partial charge in [-0.2, -0.15) is 13.2 Å². The number of halogens is 5. The van der Waals surface area contributed by atoms with Crippen molar-refractivity contribution in [1.29, 1.82) is 0 Å². The summed E-state index contributed by atoms with van der Waals surface area (Å²) in [6.45, 7) is 2.48. The Balaban J connectivity index is 1.72. The number of carbonyl (C=O) groups is 1. The molecule has 10 heteroatoms. The lowest BCUT2D eigenvalue weighted by atomic mass is 10.1. The van der Waals surface area contributed by atoms with Gasteiger partial charge in [-0.05, 0) is 42.3 Å². The number of aromatic nitrogens is 2. The molecule has 1 N–H and O–H groups in total. The summed E-state index contributed by atoms with van der Waals surface area (Å²) in [6.07, 6.45) is -4.31. The monoisotopic (exact) mass is 471 g/mol. The zero-order valence-electron chi connectivity index (χ0n) is 16.6. The maximum Gasteiger partial charge on any atom is 0.416 e. The third-order valence-corrected chi connectivity index (χ3v) is 6.12. The first-order valence-corrected chi connectivity index (χ1v) is 10.2. The summed E-state index contributed by atoms with van der Waals surface area (Å²) in [5.41, 5.74) is 1.25. The van der Waals surface area contributed by atoms with E-state index < -0.39 is 11.7 Å². The molecule has 0 aliphatic carbocycles. The fraction of sp³-hybridized carbons (Fsp3) is 0.333. The molecular weight excluding hydrogens is 454 g/mol. The van der Waals surface area contributed by atoms with Gasteiger partial charge in [-0.1, -0.05) is 23.2 Å². The summed E-state index contributed by atoms with van der Waals surface area (Å²) in [5, 5.41) is 3.35. The van der Waals surface area contributed by atoms with Crippen LogP contribution >= 0.6 is 23.2 Å². The average molecular weight is 472 g/mol. The van der Waals surface area contributed by atoms with Crippen LogP contribution in [-0.4, -0.2) is 34.7 Å². The van der Waals surface area contributed by atoms with E-state index in [9.17, 15) is 18.0 Å². The minimum absolute atomic E-state index is 0.0617. The molecule has 31 heavy (non-hydrogen) atoms. The summed E-state index contributed by atoms with van der Waals surface area (Å²) in [4.78, 5) is 17.1. The molecule has 0 saturated carbocycles. The van der Waals surface area contributed by atoms with E-state index in [0.717, 1.165) is 12.1 Å². The Bertz CT molecular complexity index is 1190. The molecule has 164 valence electrons. The Labute approximate surface area is 186 Å². The number of rotatable bonds is 4. The molecule has 1 saturated heterocycles. The largest absolute Gasteiger partial charge is 0.416 e. The van der Waals surface area contributed by atoms with Crippen molar-refractivity contribution < 1.29 is 22.7 Å². The second-order valence-corrected chi connectivity index (χ2v) is 8.30. The number of alkyl halides is 3. The average Bonchev–Trinajstić information content (AvgIpc) is 2.97. The van der Waals surface area contributed by atoms with E-state index in [0.29, 0.717) is 46.2 Å². The van der Waals surface area contributed by atoms with Crippen LogP contribution in [0.2, 0.25) is 10.0 Å². The predicted octanol–water partition coefficient (Wildman–Crippen LogP) is 4.93. The van der Waals surface area contributed by atoms with E-state index in [1.54, 1.807) is 24.6 Å². The number of aryl methyl sites for hydroxylation is 2. The molecule has 1 aliphatic rings. The number of amides is 1. The van der Waals surface area contributed by atoms with E-state index >= 15 is 0 Å². The molecule has 0 bridgehead atoms. The zero-order chi connectivity index (χ0) is 22.5. The number of carbonyl (C=O) groups excluding carboxylic acids is 1. The van der Waals surface area contributed by atoms with Gasteiger partial charge in [0.25, 0.3) is 5.91 Å². The molecule has 0 unspecified atom stereocenters. The maximum atomic E-state index is 13.2. The SMILES string of the molecule is Cc1cc(C(F)(F)F)cc2c1nc(Cc1c(Cl)ccc(C(=O)NC3COC3)c1Cl)n2C. The Kier molecular flexibility index (Phi) is 5.66. The van der Waals surface area contributed by atoms with Crippen molar-refractivity contribution in [3.63, 3.8) is 0 Å². The van der Waals surface area contributed by atoms with Gasteiger partial charge >= 0.3 is 6.18 Å². The highest BCUT2D eigenvalue weighted by molar-refractivity contribution is 6.38. The summed E-state index contributed by atoms with van der Waals surface area (Å²) in [5.74, 6) is 0.137. The summed E-state index contributed by atoms with van der Waals surface area (Å²) >= 11 is 12.9. The first-order chi connectivity index (χ1) is 14.6. The van der Waals surface area contributed by atoms with E-state index in [1.807, 2.05) is 0 Å². The van der Waals surface area contributed by atoms with Crippen LogP contribution in [0.3, 0.4) is 0 Å². The molecular formula is C21H18Cl2F3N3O2. The van der Waals surface area contributed by atoms with Crippen molar-refractivity contribution in [1.82, 2.24) is 14.9 Å². The van der Waals surface area contributed by atoms with Crippen molar-refractivity contribution in [3.8, 4) is 0 Å². The molecule has 5 nitrogen and oxygen atoms in total. The second kappa shape index (κ2) is 8.00. The summed E-state index contributed by atoms with van der Waals surface area (Å²) < 4.78 is 46.3. The Morgan fingerprint density at radius 1 is 1.29 bits per heavy atom. The number of fused-ring (bicyclic) bond motifs is 1. The summed E-state index contributed by atoms with van der Waals surface area (Å²) in [6, 6.07) is 5.21. The molecule has 1 fully saturated rings. The van der Waals surface area contributed by atoms with Crippen LogP contribution in [0.25, 0.3) is 11.0 Å². The molecule has 2 heterocycles. The molecule has 0 atom stereocenters. The number of benzene rings is 2. The van der Waals surface area contributed by atoms with E-state index in [4.69, 9.17) is 27.9 Å². The van der Waals surface area contributed by atoms with Crippen LogP contribution in [0.15, 0.2) is 24.3 Å². The molecule has 0 radical (unpaired) electrons. The van der Waals surface area contributed by atoms with Gasteiger partial charge in [0.05, 0.1) is 46.4 Å². The number of hydrogen-bond acceptors (Lipinski definition) is 3. The number of imidazole rings is 1. The van der Waals surface area contributed by atoms with Crippen LogP contribution in [-0.2, 0) is 24.4 Å². The number of hydrogen-bond donors (Lipinski definition) is 1. The fourth-order valence-electron chi connectivity index (χ4n) is 3.50. The Morgan fingerprint density at radius 2 is 2.00 bits per heavy atom. The predicted molar refractivity (Wildman–Crippen MR) is 112 cm³/mol. The van der Waals surface area contributed by atoms with E-state index in [2.05, 4.69) is 10.3 Å². The molecule has 0 spiro atoms. The van der Waals surface area contributed by atoms with Gasteiger partial charge in [0.1, 0.15) is 5.82 Å². The molecule has 1 aliphatic heterocycles. The Hall–Kier alpha value is -2.29. The highest BCUT2D eigenvalue weighted by atomic mass is 35.5. The van der Waals surface area contributed by atoms with Crippen LogP contribution in [0.4, 0.5) is 13.2 Å². The lowest BCUT2D eigenvalue weighted by Crippen LogP contribution is -2.48. The highest BCUT2D eigenvalue weighted by Gasteiger charge is 2.32. The van der Waals surface area contributed by atoms with Crippen LogP contribution in [0, 0.1) is 6.92 Å². The van der Waals surface area contributed by atoms with E-state index in [1.165, 1.54) is 6.07 Å². The van der Waals surface area contributed by atoms with Crippen molar-refractivity contribution in [2.75, 3.05) is 13.2 Å². The summed E-state index contributed by atoms with van der Waals surface area (Å²) in [7, 11) is 1.64. The second-order valence-electron chi connectivity index (χ2n) is 7.52. The number of nitrogens with zero attached hydrogens (tertiary/aromatic N) is 2. The molecule has 1 aromatic heterocycles. The van der Waals surface area contributed by atoms with Crippen LogP contribution in [0.1, 0.15) is 32.9 Å². The van der Waals surface area contributed by atoms with Crippen LogP contribution < -0.4 is 5.32 Å². The fourth-order valence-corrected chi connectivity index (χ4v) is 4.09. The smallest absolute Gasteiger partial charge is 0.377 e. The van der Waals surface area contributed by atoms with E-state index in [-0.39, 0.29) is 29.0 Å². The quantitative estimate of drug-likeness (QED) is 0.586. The molecule has 3 aromatic rings. The normalized spacial score (nSPS) is 14.7. The maximum absolute atomic E-state index is 13.2. The lowest BCUT2D eigenvalue weighted by Gasteiger charge is -2.27. The minimum Gasteiger partial charge on any atom is -0.377 e. The zero-order valence-corrected chi connectivity index (χ0v) is 18.1. The molecule has 1 amide bonds. The van der Waals surface area contributed by atoms with Gasteiger partial charge in [0.2, 0.25) is 0 Å². The minimum atomic E-state index is -4.46. The third kappa shape index (κ3) is 4.12. The van der Waals surface area contributed by atoms with Gasteiger partial charge in [0.15, 0.2) is 0 Å². The standard InChI is InChI=1S/C21H18Cl2F3N3O2/c1-10-5-11(21(24,25)26)6-16-19(10)28-17(29(16)2)7-14-15(22)4-3-13(18(14)23)20(30)27-12-8-31-9-12/h3-6,12H,7-9H2,1-2H3,(H,27,30). The first-order valence-electron chi connectivity index (χ1n) is 9.45. The van der Waals surface area contributed by atoms with Crippen molar-refractivity contribution >= 4 is 40.1 Å². The van der Waals surface area contributed by atoms with Crippen molar-refractivity contribution in [2.24, 2.45) is 7.05 Å². The number of nitrogens with one attached hydrogen (secondary N) is 1. The van der Waals surface area contributed by atoms with Gasteiger partial charge in [-0.25, -0.2) is 4.98 Å². The van der Waals surface area contributed by atoms with Gasteiger partial charge in [-0.3, -0.25) is 4.79 Å². The van der Waals surface area contributed by atoms with Crippen LogP contribution in [0.5, 0.6) is 0 Å². The Morgan fingerprint density at radius 3 is 2.61 bits per heavy atom. The van der Waals surface area contributed by atoms with Crippen molar-refractivity contribution in [2.45, 2.75) is 25.6 Å². The third-order valence-electron chi connectivity index (χ3n) is 5.34. The van der Waals surface area contributed by atoms with Crippen molar-refractivity contribution in [3.05, 3.63) is 62.4 Å².